The molecule has 0 saturated carbocycles. The van der Waals surface area contributed by atoms with Gasteiger partial charge in [0.2, 0.25) is 5.91 Å². The third kappa shape index (κ3) is 1.14. The lowest BCUT2D eigenvalue weighted by molar-refractivity contribution is -0.128. The Kier molecular flexibility index (Phi) is 2.27. The maximum absolute atomic E-state index is 11.0. The number of likely N-dealkylation sites (tertiary alicyclic amines) is 1. The zero-order valence-corrected chi connectivity index (χ0v) is 6.34. The molecule has 0 bridgehead atoms. The van der Waals surface area contributed by atoms with Gasteiger partial charge in [-0.1, -0.05) is 0 Å². The summed E-state index contributed by atoms with van der Waals surface area (Å²) in [6, 6.07) is 0.317. The van der Waals surface area contributed by atoms with Crippen molar-refractivity contribution < 1.29 is 4.79 Å². The summed E-state index contributed by atoms with van der Waals surface area (Å²) in [7, 11) is 0. The molecule has 1 atom stereocenters. The number of likely N-dealkylation sites (N-methyl/N-ethyl adjacent to an activating group) is 1. The second-order valence-corrected chi connectivity index (χ2v) is 2.61. The van der Waals surface area contributed by atoms with Crippen LogP contribution in [0.15, 0.2) is 0 Å². The summed E-state index contributed by atoms with van der Waals surface area (Å²) in [6.45, 7) is 3.41. The number of carbonyl (C=O) groups is 1. The molecule has 2 N–H and O–H groups in total. The van der Waals surface area contributed by atoms with Gasteiger partial charge in [0.15, 0.2) is 0 Å². The molecule has 1 amide bonds. The maximum atomic E-state index is 11.0. The Morgan fingerprint density at radius 2 is 2.50 bits per heavy atom. The molecule has 0 radical (unpaired) electrons. The summed E-state index contributed by atoms with van der Waals surface area (Å²) in [5.41, 5.74) is 5.47. The highest BCUT2D eigenvalue weighted by Gasteiger charge is 2.27. The van der Waals surface area contributed by atoms with Crippen molar-refractivity contribution in [1.29, 1.82) is 0 Å². The Morgan fingerprint density at radius 1 is 1.80 bits per heavy atom. The summed E-state index contributed by atoms with van der Waals surface area (Å²) in [6.07, 6.45) is 1.64. The lowest BCUT2D eigenvalue weighted by atomic mass is 10.2. The van der Waals surface area contributed by atoms with Gasteiger partial charge >= 0.3 is 0 Å². The number of rotatable bonds is 2. The van der Waals surface area contributed by atoms with Gasteiger partial charge in [-0.2, -0.15) is 0 Å². The number of nitrogens with zero attached hydrogens (tertiary/aromatic N) is 1. The fraction of sp³-hybridized carbons (Fsp3) is 0.857. The molecule has 0 spiro atoms. The van der Waals surface area contributed by atoms with Gasteiger partial charge < -0.3 is 10.6 Å². The topological polar surface area (TPSA) is 46.3 Å². The van der Waals surface area contributed by atoms with Crippen molar-refractivity contribution in [2.24, 2.45) is 5.73 Å². The molecule has 1 unspecified atom stereocenters. The molecule has 58 valence electrons. The minimum atomic E-state index is 0.262. The lowest BCUT2D eigenvalue weighted by Crippen LogP contribution is -2.37. The second-order valence-electron chi connectivity index (χ2n) is 2.61. The molecular formula is C7H14N2O. The van der Waals surface area contributed by atoms with Gasteiger partial charge in [0.05, 0.1) is 0 Å². The third-order valence-electron chi connectivity index (χ3n) is 2.07. The van der Waals surface area contributed by atoms with E-state index in [1.807, 2.05) is 11.8 Å². The average molecular weight is 142 g/mol. The van der Waals surface area contributed by atoms with E-state index in [0.717, 1.165) is 13.0 Å². The summed E-state index contributed by atoms with van der Waals surface area (Å²) in [5.74, 6) is 0.262. The van der Waals surface area contributed by atoms with Crippen LogP contribution in [0.4, 0.5) is 0 Å². The van der Waals surface area contributed by atoms with E-state index >= 15 is 0 Å². The predicted molar refractivity (Wildman–Crippen MR) is 39.5 cm³/mol. The van der Waals surface area contributed by atoms with Gasteiger partial charge in [-0.05, 0) is 13.3 Å². The van der Waals surface area contributed by atoms with E-state index in [9.17, 15) is 4.79 Å². The van der Waals surface area contributed by atoms with Gasteiger partial charge in [0.25, 0.3) is 0 Å². The fourth-order valence-corrected chi connectivity index (χ4v) is 1.47. The molecule has 0 aromatic heterocycles. The van der Waals surface area contributed by atoms with Crippen LogP contribution in [0.2, 0.25) is 0 Å². The fourth-order valence-electron chi connectivity index (χ4n) is 1.47. The van der Waals surface area contributed by atoms with E-state index in [1.165, 1.54) is 0 Å². The van der Waals surface area contributed by atoms with Gasteiger partial charge in [-0.25, -0.2) is 0 Å². The van der Waals surface area contributed by atoms with Crippen molar-refractivity contribution in [3.63, 3.8) is 0 Å². The highest BCUT2D eigenvalue weighted by atomic mass is 16.2. The number of hydrogen-bond donors (Lipinski definition) is 1. The predicted octanol–water partition coefficient (Wildman–Crippen LogP) is -0.0440. The van der Waals surface area contributed by atoms with Crippen LogP contribution >= 0.6 is 0 Å². The first kappa shape index (κ1) is 7.54. The molecule has 10 heavy (non-hydrogen) atoms. The van der Waals surface area contributed by atoms with Gasteiger partial charge in [-0.3, -0.25) is 4.79 Å². The molecule has 1 heterocycles. The van der Waals surface area contributed by atoms with Crippen molar-refractivity contribution in [2.45, 2.75) is 25.8 Å². The Morgan fingerprint density at radius 3 is 2.90 bits per heavy atom. The molecule has 1 fully saturated rings. The Labute approximate surface area is 61.2 Å². The first-order chi connectivity index (χ1) is 4.79. The highest BCUT2D eigenvalue weighted by molar-refractivity contribution is 5.78. The van der Waals surface area contributed by atoms with E-state index in [2.05, 4.69) is 0 Å². The molecule has 0 aliphatic carbocycles. The molecule has 0 aromatic carbocycles. The Bertz CT molecular complexity index is 136. The van der Waals surface area contributed by atoms with Gasteiger partial charge in [0, 0.05) is 25.6 Å². The third-order valence-corrected chi connectivity index (χ3v) is 2.07. The molecule has 1 aliphatic rings. The van der Waals surface area contributed by atoms with Crippen LogP contribution in [0.3, 0.4) is 0 Å². The normalized spacial score (nSPS) is 26.0. The van der Waals surface area contributed by atoms with Crippen molar-refractivity contribution in [3.05, 3.63) is 0 Å². The van der Waals surface area contributed by atoms with Crippen LogP contribution in [0, 0.1) is 0 Å². The lowest BCUT2D eigenvalue weighted by Gasteiger charge is -2.21. The van der Waals surface area contributed by atoms with Crippen molar-refractivity contribution in [1.82, 2.24) is 4.90 Å². The minimum Gasteiger partial charge on any atom is -0.339 e. The molecule has 3 heteroatoms. The smallest absolute Gasteiger partial charge is 0.222 e. The highest BCUT2D eigenvalue weighted by Crippen LogP contribution is 2.16. The van der Waals surface area contributed by atoms with Crippen molar-refractivity contribution in [2.75, 3.05) is 13.1 Å². The van der Waals surface area contributed by atoms with Crippen LogP contribution in [0.5, 0.6) is 0 Å². The van der Waals surface area contributed by atoms with E-state index < -0.39 is 0 Å². The molecular weight excluding hydrogens is 128 g/mol. The standard InChI is InChI=1S/C7H14N2O/c1-2-9-6(5-8)3-4-7(9)10/h6H,2-5,8H2,1H3. The second kappa shape index (κ2) is 3.01. The van der Waals surface area contributed by atoms with Crippen molar-refractivity contribution in [3.8, 4) is 0 Å². The van der Waals surface area contributed by atoms with E-state index in [-0.39, 0.29) is 5.91 Å². The van der Waals surface area contributed by atoms with E-state index in [1.54, 1.807) is 0 Å². The molecule has 3 nitrogen and oxygen atoms in total. The van der Waals surface area contributed by atoms with Crippen molar-refractivity contribution >= 4 is 5.91 Å². The summed E-state index contributed by atoms with van der Waals surface area (Å²) in [5, 5.41) is 0. The largest absolute Gasteiger partial charge is 0.339 e. The average Bonchev–Trinajstić information content (AvgIpc) is 2.30. The van der Waals surface area contributed by atoms with Crippen LogP contribution in [-0.4, -0.2) is 29.9 Å². The van der Waals surface area contributed by atoms with Crippen LogP contribution in [0.25, 0.3) is 0 Å². The van der Waals surface area contributed by atoms with E-state index in [0.29, 0.717) is 19.0 Å². The number of carbonyl (C=O) groups excluding carboxylic acids is 1. The molecule has 1 rings (SSSR count). The Hall–Kier alpha value is -0.570. The number of amides is 1. The monoisotopic (exact) mass is 142 g/mol. The number of nitrogens with two attached hydrogens (primary N) is 1. The van der Waals surface area contributed by atoms with Gasteiger partial charge in [-0.15, -0.1) is 0 Å². The molecule has 1 saturated heterocycles. The van der Waals surface area contributed by atoms with Crippen LogP contribution in [0.1, 0.15) is 19.8 Å². The number of hydrogen-bond acceptors (Lipinski definition) is 2. The minimum absolute atomic E-state index is 0.262. The summed E-state index contributed by atoms with van der Waals surface area (Å²) < 4.78 is 0. The summed E-state index contributed by atoms with van der Waals surface area (Å²) >= 11 is 0. The van der Waals surface area contributed by atoms with E-state index in [4.69, 9.17) is 5.73 Å². The zero-order chi connectivity index (χ0) is 7.56. The zero-order valence-electron chi connectivity index (χ0n) is 6.34. The molecule has 0 aromatic rings. The molecule has 1 aliphatic heterocycles. The summed E-state index contributed by atoms with van der Waals surface area (Å²) in [4.78, 5) is 12.9. The Balaban J connectivity index is 2.54. The quantitative estimate of drug-likeness (QED) is 0.588. The first-order valence-corrected chi connectivity index (χ1v) is 3.79. The van der Waals surface area contributed by atoms with Gasteiger partial charge in [0.1, 0.15) is 0 Å². The first-order valence-electron chi connectivity index (χ1n) is 3.79. The SMILES string of the molecule is CCN1C(=O)CCC1CN. The van der Waals surface area contributed by atoms with Crippen LogP contribution < -0.4 is 5.73 Å². The van der Waals surface area contributed by atoms with Crippen LogP contribution in [-0.2, 0) is 4.79 Å². The maximum Gasteiger partial charge on any atom is 0.222 e.